The molecule has 0 aliphatic heterocycles. The Kier molecular flexibility index (Phi) is 15.7. The van der Waals surface area contributed by atoms with Crippen LogP contribution in [0.4, 0.5) is 0 Å². The maximum absolute atomic E-state index is 10.7. The van der Waals surface area contributed by atoms with Gasteiger partial charge in [0.15, 0.2) is 5.92 Å². The molecule has 0 unspecified atom stereocenters. The first-order valence-corrected chi connectivity index (χ1v) is 9.50. The van der Waals surface area contributed by atoms with Crippen LogP contribution in [0.2, 0.25) is 0 Å². The van der Waals surface area contributed by atoms with Crippen LogP contribution < -0.4 is 0 Å². The lowest BCUT2D eigenvalue weighted by Crippen LogP contribution is -2.23. The minimum Gasteiger partial charge on any atom is -0.481 e. The van der Waals surface area contributed by atoms with E-state index >= 15 is 0 Å². The third-order valence-corrected chi connectivity index (χ3v) is 3.98. The molecule has 0 aromatic carbocycles. The lowest BCUT2D eigenvalue weighted by atomic mass is 10.0. The molecule has 4 nitrogen and oxygen atoms in total. The predicted octanol–water partition coefficient (Wildman–Crippen LogP) is 5.75. The summed E-state index contributed by atoms with van der Waals surface area (Å²) < 4.78 is 0. The molecule has 0 saturated heterocycles. The molecule has 2 N–H and O–H groups in total. The summed E-state index contributed by atoms with van der Waals surface area (Å²) in [5.41, 5.74) is 0. The molecule has 0 rings (SSSR count). The molecule has 0 aliphatic rings. The van der Waals surface area contributed by atoms with Crippen molar-refractivity contribution in [2.24, 2.45) is 5.92 Å². The molecule has 0 amide bonds. The molecule has 25 heavy (non-hydrogen) atoms. The smallest absolute Gasteiger partial charge is 0.317 e. The second-order valence-corrected chi connectivity index (χ2v) is 6.25. The second kappa shape index (κ2) is 17.0. The van der Waals surface area contributed by atoms with E-state index in [2.05, 4.69) is 43.4 Å². The number of allylic oxidation sites excluding steroid dienone is 6. The number of aliphatic carboxylic acids is 2. The number of hydrogen-bond donors (Lipinski definition) is 2. The van der Waals surface area contributed by atoms with Gasteiger partial charge in [0, 0.05) is 0 Å². The minimum atomic E-state index is -1.26. The minimum absolute atomic E-state index is 0.211. The largest absolute Gasteiger partial charge is 0.481 e. The summed E-state index contributed by atoms with van der Waals surface area (Å²) in [6, 6.07) is 0. The standard InChI is InChI=1S/C21H34O4/c1-2-3-4-5-6-7-8-9-10-11-12-13-14-15-16-17-18-19(20(22)23)21(24)25/h6-7,9-10,12-13,19H,2-5,8,11,14-18H2,1H3,(H,22,23)(H,24,25). The normalized spacial score (nSPS) is 12.1. The van der Waals surface area contributed by atoms with Gasteiger partial charge in [-0.25, -0.2) is 0 Å². The molecule has 142 valence electrons. The Morgan fingerprint density at radius 3 is 1.68 bits per heavy atom. The zero-order valence-corrected chi connectivity index (χ0v) is 15.5. The van der Waals surface area contributed by atoms with E-state index in [9.17, 15) is 9.59 Å². The number of rotatable bonds is 16. The third-order valence-electron chi connectivity index (χ3n) is 3.98. The van der Waals surface area contributed by atoms with Gasteiger partial charge in [-0.15, -0.1) is 0 Å². The molecule has 0 heterocycles. The first kappa shape index (κ1) is 23.2. The van der Waals surface area contributed by atoms with Gasteiger partial charge in [-0.1, -0.05) is 69.1 Å². The van der Waals surface area contributed by atoms with E-state index in [-0.39, 0.29) is 6.42 Å². The van der Waals surface area contributed by atoms with Crippen LogP contribution in [0.15, 0.2) is 36.5 Å². The number of hydrogen-bond acceptors (Lipinski definition) is 2. The van der Waals surface area contributed by atoms with Gasteiger partial charge in [-0.05, 0) is 44.9 Å². The van der Waals surface area contributed by atoms with Crippen molar-refractivity contribution in [2.45, 2.75) is 77.6 Å². The van der Waals surface area contributed by atoms with Gasteiger partial charge in [0.2, 0.25) is 0 Å². The third kappa shape index (κ3) is 15.4. The molecule has 0 aliphatic carbocycles. The van der Waals surface area contributed by atoms with Gasteiger partial charge >= 0.3 is 11.9 Å². The van der Waals surface area contributed by atoms with E-state index < -0.39 is 17.9 Å². The van der Waals surface area contributed by atoms with Crippen LogP contribution in [0, 0.1) is 5.92 Å². The van der Waals surface area contributed by atoms with E-state index in [1.165, 1.54) is 25.7 Å². The Balaban J connectivity index is 3.53. The summed E-state index contributed by atoms with van der Waals surface area (Å²) in [6.07, 6.45) is 23.7. The van der Waals surface area contributed by atoms with E-state index in [1.54, 1.807) is 0 Å². The molecule has 0 saturated carbocycles. The van der Waals surface area contributed by atoms with Crippen molar-refractivity contribution in [3.63, 3.8) is 0 Å². The van der Waals surface area contributed by atoms with Gasteiger partial charge in [0.25, 0.3) is 0 Å². The van der Waals surface area contributed by atoms with Crippen LogP contribution in [0.3, 0.4) is 0 Å². The zero-order valence-electron chi connectivity index (χ0n) is 15.5. The molecule has 0 aromatic heterocycles. The fourth-order valence-corrected chi connectivity index (χ4v) is 2.43. The molecular formula is C21H34O4. The van der Waals surface area contributed by atoms with E-state index in [1.807, 2.05) is 0 Å². The first-order chi connectivity index (χ1) is 12.1. The lowest BCUT2D eigenvalue weighted by molar-refractivity contribution is -0.154. The Morgan fingerprint density at radius 2 is 1.20 bits per heavy atom. The SMILES string of the molecule is CCCCCC=CCC=CCC=CCCCCCC(C(=O)O)C(=O)O. The molecule has 0 bridgehead atoms. The van der Waals surface area contributed by atoms with Crippen molar-refractivity contribution in [3.05, 3.63) is 36.5 Å². The van der Waals surface area contributed by atoms with Crippen LogP contribution in [0.1, 0.15) is 77.6 Å². The van der Waals surface area contributed by atoms with Gasteiger partial charge in [-0.2, -0.15) is 0 Å². The van der Waals surface area contributed by atoms with Gasteiger partial charge in [0.05, 0.1) is 0 Å². The van der Waals surface area contributed by atoms with Crippen molar-refractivity contribution in [1.82, 2.24) is 0 Å². The summed E-state index contributed by atoms with van der Waals surface area (Å²) in [6.45, 7) is 2.22. The van der Waals surface area contributed by atoms with Gasteiger partial charge in [-0.3, -0.25) is 9.59 Å². The molecule has 0 fully saturated rings. The molecule has 0 radical (unpaired) electrons. The van der Waals surface area contributed by atoms with Crippen molar-refractivity contribution in [3.8, 4) is 0 Å². The topological polar surface area (TPSA) is 74.6 Å². The van der Waals surface area contributed by atoms with Crippen molar-refractivity contribution in [2.75, 3.05) is 0 Å². The van der Waals surface area contributed by atoms with Crippen LogP contribution in [-0.2, 0) is 9.59 Å². The summed E-state index contributed by atoms with van der Waals surface area (Å²) in [7, 11) is 0. The maximum Gasteiger partial charge on any atom is 0.317 e. The number of carboxylic acid groups (broad SMARTS) is 2. The average molecular weight is 350 g/mol. The highest BCUT2D eigenvalue weighted by atomic mass is 16.4. The van der Waals surface area contributed by atoms with Crippen molar-refractivity contribution >= 4 is 11.9 Å². The van der Waals surface area contributed by atoms with Gasteiger partial charge < -0.3 is 10.2 Å². The number of unbranched alkanes of at least 4 members (excludes halogenated alkanes) is 6. The van der Waals surface area contributed by atoms with Crippen molar-refractivity contribution in [1.29, 1.82) is 0 Å². The van der Waals surface area contributed by atoms with E-state index in [0.717, 1.165) is 32.1 Å². The quantitative estimate of drug-likeness (QED) is 0.211. The highest BCUT2D eigenvalue weighted by Crippen LogP contribution is 2.12. The number of carbonyl (C=O) groups is 2. The molecular weight excluding hydrogens is 316 g/mol. The Morgan fingerprint density at radius 1 is 0.720 bits per heavy atom. The van der Waals surface area contributed by atoms with E-state index in [4.69, 9.17) is 10.2 Å². The van der Waals surface area contributed by atoms with Crippen molar-refractivity contribution < 1.29 is 19.8 Å². The lowest BCUT2D eigenvalue weighted by Gasteiger charge is -2.06. The fraction of sp³-hybridized carbons (Fsp3) is 0.619. The predicted molar refractivity (Wildman–Crippen MR) is 103 cm³/mol. The Hall–Kier alpha value is -1.84. The van der Waals surface area contributed by atoms with E-state index in [0.29, 0.717) is 6.42 Å². The zero-order chi connectivity index (χ0) is 18.8. The number of carboxylic acids is 2. The fourth-order valence-electron chi connectivity index (χ4n) is 2.43. The monoisotopic (exact) mass is 350 g/mol. The summed E-state index contributed by atoms with van der Waals surface area (Å²) in [5.74, 6) is -3.74. The molecule has 0 aromatic rings. The highest BCUT2D eigenvalue weighted by molar-refractivity contribution is 5.92. The van der Waals surface area contributed by atoms with Crippen LogP contribution in [0.25, 0.3) is 0 Å². The summed E-state index contributed by atoms with van der Waals surface area (Å²) in [4.78, 5) is 21.5. The van der Waals surface area contributed by atoms with Crippen LogP contribution in [-0.4, -0.2) is 22.2 Å². The highest BCUT2D eigenvalue weighted by Gasteiger charge is 2.24. The van der Waals surface area contributed by atoms with Gasteiger partial charge in [0.1, 0.15) is 0 Å². The van der Waals surface area contributed by atoms with Crippen LogP contribution >= 0.6 is 0 Å². The Bertz CT molecular complexity index is 421. The molecule has 0 atom stereocenters. The average Bonchev–Trinajstić information content (AvgIpc) is 2.57. The second-order valence-electron chi connectivity index (χ2n) is 6.25. The molecule has 0 spiro atoms. The van der Waals surface area contributed by atoms with Crippen LogP contribution in [0.5, 0.6) is 0 Å². The maximum atomic E-state index is 10.7. The Labute approximate surface area is 152 Å². The summed E-state index contributed by atoms with van der Waals surface area (Å²) in [5, 5.41) is 17.5. The molecule has 4 heteroatoms. The summed E-state index contributed by atoms with van der Waals surface area (Å²) >= 11 is 0. The first-order valence-electron chi connectivity index (χ1n) is 9.50.